The van der Waals surface area contributed by atoms with Gasteiger partial charge in [0.15, 0.2) is 0 Å². The Balaban J connectivity index is 1.52. The number of carbonyl (C=O) groups is 1. The number of aliphatic hydroxyl groups is 2. The van der Waals surface area contributed by atoms with Crippen LogP contribution in [0, 0.1) is 46.3 Å². The molecule has 0 heterocycles. The van der Waals surface area contributed by atoms with Crippen LogP contribution in [0.1, 0.15) is 85.0 Å². The first kappa shape index (κ1) is 21.6. The van der Waals surface area contributed by atoms with Gasteiger partial charge in [-0.3, -0.25) is 4.79 Å². The Bertz CT molecular complexity index is 620. The third-order valence-corrected chi connectivity index (χ3v) is 10.4. The number of hydrogen-bond donors (Lipinski definition) is 2. The quantitative estimate of drug-likeness (QED) is 0.671. The summed E-state index contributed by atoms with van der Waals surface area (Å²) in [7, 11) is 1.48. The lowest BCUT2D eigenvalue weighted by atomic mass is 9.44. The van der Waals surface area contributed by atoms with E-state index in [0.717, 1.165) is 32.1 Å². The van der Waals surface area contributed by atoms with Crippen molar-refractivity contribution in [1.82, 2.24) is 0 Å². The topological polar surface area (TPSA) is 66.8 Å². The Morgan fingerprint density at radius 2 is 1.69 bits per heavy atom. The molecule has 0 aromatic carbocycles. The van der Waals surface area contributed by atoms with E-state index in [1.807, 2.05) is 0 Å². The summed E-state index contributed by atoms with van der Waals surface area (Å²) in [5.41, 5.74) is 0.533. The van der Waals surface area contributed by atoms with Crippen LogP contribution in [0.2, 0.25) is 0 Å². The summed E-state index contributed by atoms with van der Waals surface area (Å²) >= 11 is 0. The van der Waals surface area contributed by atoms with Gasteiger partial charge < -0.3 is 14.9 Å². The lowest BCUT2D eigenvalue weighted by molar-refractivity contribution is -0.172. The van der Waals surface area contributed by atoms with Crippen molar-refractivity contribution in [1.29, 1.82) is 0 Å². The van der Waals surface area contributed by atoms with Crippen molar-refractivity contribution in [3.8, 4) is 0 Å². The fourth-order valence-corrected chi connectivity index (χ4v) is 8.90. The van der Waals surface area contributed by atoms with Crippen LogP contribution >= 0.6 is 0 Å². The monoisotopic (exact) mass is 406 g/mol. The molecule has 29 heavy (non-hydrogen) atoms. The normalized spacial score (nSPS) is 50.2. The van der Waals surface area contributed by atoms with Gasteiger partial charge in [0.2, 0.25) is 0 Å². The van der Waals surface area contributed by atoms with Crippen LogP contribution in [-0.4, -0.2) is 35.5 Å². The summed E-state index contributed by atoms with van der Waals surface area (Å²) in [5, 5.41) is 21.3. The number of fused-ring (bicyclic) bond motifs is 5. The second-order valence-corrected chi connectivity index (χ2v) is 11.5. The van der Waals surface area contributed by atoms with E-state index >= 15 is 0 Å². The number of rotatable bonds is 4. The molecule has 0 bridgehead atoms. The molecule has 0 radical (unpaired) electrons. The van der Waals surface area contributed by atoms with Crippen LogP contribution < -0.4 is 0 Å². The molecular formula is C25H42O4. The third-order valence-electron chi connectivity index (χ3n) is 10.4. The summed E-state index contributed by atoms with van der Waals surface area (Å²) in [6, 6.07) is 0. The van der Waals surface area contributed by atoms with E-state index in [9.17, 15) is 15.0 Å². The molecule has 4 aliphatic rings. The zero-order chi connectivity index (χ0) is 21.0. The van der Waals surface area contributed by atoms with E-state index < -0.39 is 0 Å². The molecule has 166 valence electrons. The summed E-state index contributed by atoms with van der Waals surface area (Å²) in [6.07, 6.45) is 9.77. The van der Waals surface area contributed by atoms with Gasteiger partial charge in [0.25, 0.3) is 0 Å². The van der Waals surface area contributed by atoms with Crippen molar-refractivity contribution in [3.63, 3.8) is 0 Å². The Hall–Kier alpha value is -0.610. The average Bonchev–Trinajstić information content (AvgIpc) is 3.05. The Morgan fingerprint density at radius 3 is 2.41 bits per heavy atom. The maximum Gasteiger partial charge on any atom is 0.305 e. The molecule has 4 heteroatoms. The number of carbonyl (C=O) groups excluding carboxylic acids is 1. The number of methoxy groups -OCH3 is 1. The molecule has 0 spiro atoms. The van der Waals surface area contributed by atoms with E-state index in [2.05, 4.69) is 20.8 Å². The minimum atomic E-state index is -0.255. The molecule has 0 saturated heterocycles. The molecule has 4 nitrogen and oxygen atoms in total. The van der Waals surface area contributed by atoms with Crippen molar-refractivity contribution >= 4 is 5.97 Å². The first-order valence-electron chi connectivity index (χ1n) is 12.1. The highest BCUT2D eigenvalue weighted by Gasteiger charge is 2.62. The van der Waals surface area contributed by atoms with Crippen LogP contribution in [0.4, 0.5) is 0 Å². The molecule has 0 amide bonds. The van der Waals surface area contributed by atoms with Gasteiger partial charge in [-0.15, -0.1) is 0 Å². The molecule has 4 saturated carbocycles. The maximum atomic E-state index is 11.6. The fourth-order valence-electron chi connectivity index (χ4n) is 8.90. The lowest BCUT2D eigenvalue weighted by Gasteiger charge is -2.62. The highest BCUT2D eigenvalue weighted by atomic mass is 16.5. The minimum Gasteiger partial charge on any atom is -0.469 e. The molecule has 0 aromatic rings. The summed E-state index contributed by atoms with van der Waals surface area (Å²) in [6.45, 7) is 7.28. The zero-order valence-electron chi connectivity index (χ0n) is 18.9. The molecule has 2 N–H and O–H groups in total. The molecule has 4 aliphatic carbocycles. The highest BCUT2D eigenvalue weighted by molar-refractivity contribution is 5.69. The average molecular weight is 407 g/mol. The van der Waals surface area contributed by atoms with Crippen molar-refractivity contribution in [2.24, 2.45) is 46.3 Å². The minimum absolute atomic E-state index is 0.0888. The standard InChI is InChI=1S/C25H42O4/c1-15(5-8-23(28)29-4)18-6-7-19-17-14-22(27)21-13-16(26)9-11-25(21,3)20(17)10-12-24(18,19)2/h15-22,26-27H,5-14H2,1-4H3/t15-,16+,17+,18-,19+,20+,21?,22+,24-,25-/m1/s1. The molecule has 4 rings (SSSR count). The van der Waals surface area contributed by atoms with Crippen molar-refractivity contribution in [2.45, 2.75) is 97.2 Å². The van der Waals surface area contributed by atoms with Crippen LogP contribution in [0.3, 0.4) is 0 Å². The first-order chi connectivity index (χ1) is 13.7. The van der Waals surface area contributed by atoms with Gasteiger partial charge in [0, 0.05) is 6.42 Å². The van der Waals surface area contributed by atoms with E-state index in [1.54, 1.807) is 0 Å². The summed E-state index contributed by atoms with van der Waals surface area (Å²) < 4.78 is 4.86. The van der Waals surface area contributed by atoms with E-state index in [1.165, 1.54) is 32.8 Å². The van der Waals surface area contributed by atoms with E-state index in [0.29, 0.717) is 41.4 Å². The fraction of sp³-hybridized carbons (Fsp3) is 0.960. The number of aliphatic hydroxyl groups excluding tert-OH is 2. The zero-order valence-corrected chi connectivity index (χ0v) is 18.9. The lowest BCUT2D eigenvalue weighted by Crippen LogP contribution is -2.58. The Morgan fingerprint density at radius 1 is 1.00 bits per heavy atom. The van der Waals surface area contributed by atoms with Crippen LogP contribution in [0.5, 0.6) is 0 Å². The molecule has 0 aromatic heterocycles. The third kappa shape index (κ3) is 3.46. The van der Waals surface area contributed by atoms with Crippen molar-refractivity contribution < 1.29 is 19.7 Å². The summed E-state index contributed by atoms with van der Waals surface area (Å²) in [4.78, 5) is 11.6. The van der Waals surface area contributed by atoms with Gasteiger partial charge >= 0.3 is 5.97 Å². The second kappa shape index (κ2) is 7.82. The summed E-state index contributed by atoms with van der Waals surface area (Å²) in [5.74, 6) is 3.42. The second-order valence-electron chi connectivity index (χ2n) is 11.5. The molecular weight excluding hydrogens is 364 g/mol. The van der Waals surface area contributed by atoms with Gasteiger partial charge in [-0.25, -0.2) is 0 Å². The molecule has 1 unspecified atom stereocenters. The number of hydrogen-bond acceptors (Lipinski definition) is 4. The van der Waals surface area contributed by atoms with E-state index in [4.69, 9.17) is 4.74 Å². The number of ether oxygens (including phenoxy) is 1. The van der Waals surface area contributed by atoms with Gasteiger partial charge in [-0.2, -0.15) is 0 Å². The van der Waals surface area contributed by atoms with Gasteiger partial charge in [0.05, 0.1) is 19.3 Å². The van der Waals surface area contributed by atoms with Gasteiger partial charge in [0.1, 0.15) is 0 Å². The Labute approximate surface area is 176 Å². The highest BCUT2D eigenvalue weighted by Crippen LogP contribution is 2.68. The van der Waals surface area contributed by atoms with Crippen molar-refractivity contribution in [3.05, 3.63) is 0 Å². The van der Waals surface area contributed by atoms with Crippen LogP contribution in [0.25, 0.3) is 0 Å². The molecule has 4 fully saturated rings. The van der Waals surface area contributed by atoms with Crippen LogP contribution in [0.15, 0.2) is 0 Å². The van der Waals surface area contributed by atoms with Crippen molar-refractivity contribution in [2.75, 3.05) is 7.11 Å². The molecule has 10 atom stereocenters. The Kier molecular flexibility index (Phi) is 5.83. The van der Waals surface area contributed by atoms with Gasteiger partial charge in [-0.05, 0) is 104 Å². The predicted octanol–water partition coefficient (Wildman–Crippen LogP) is 4.57. The smallest absolute Gasteiger partial charge is 0.305 e. The SMILES string of the molecule is COC(=O)CC[C@@H](C)[C@H]1CC[C@H]2[C@@H]3C[C@H](O)C4C[C@@H](O)CC[C@]4(C)[C@H]3CC[C@]12C. The van der Waals surface area contributed by atoms with Gasteiger partial charge in [-0.1, -0.05) is 20.8 Å². The molecule has 0 aliphatic heterocycles. The van der Waals surface area contributed by atoms with Crippen LogP contribution in [-0.2, 0) is 9.53 Å². The largest absolute Gasteiger partial charge is 0.469 e. The number of esters is 1. The van der Waals surface area contributed by atoms with E-state index in [-0.39, 0.29) is 29.5 Å². The maximum absolute atomic E-state index is 11.6. The predicted molar refractivity (Wildman–Crippen MR) is 113 cm³/mol. The first-order valence-corrected chi connectivity index (χ1v) is 12.1.